The van der Waals surface area contributed by atoms with Gasteiger partial charge in [-0.05, 0) is 55.5 Å². The first-order chi connectivity index (χ1) is 16.4. The van der Waals surface area contributed by atoms with E-state index in [4.69, 9.17) is 5.11 Å². The second kappa shape index (κ2) is 12.2. The minimum absolute atomic E-state index is 0.141. The lowest BCUT2D eigenvalue weighted by molar-refractivity contribution is -0.137. The van der Waals surface area contributed by atoms with Crippen molar-refractivity contribution in [1.82, 2.24) is 4.57 Å². The lowest BCUT2D eigenvalue weighted by Gasteiger charge is -2.05. The number of aryl methyl sites for hydroxylation is 3. The molecule has 1 N–H and O–H groups in total. The van der Waals surface area contributed by atoms with Crippen molar-refractivity contribution in [3.63, 3.8) is 0 Å². The van der Waals surface area contributed by atoms with Gasteiger partial charge < -0.3 is 9.67 Å². The molecule has 3 heteroatoms. The molecule has 1 heterocycles. The molecule has 4 rings (SSSR count). The van der Waals surface area contributed by atoms with Crippen LogP contribution in [-0.4, -0.2) is 15.6 Å². The molecule has 3 nitrogen and oxygen atoms in total. The van der Waals surface area contributed by atoms with Gasteiger partial charge in [-0.3, -0.25) is 4.79 Å². The number of aliphatic carboxylic acids is 1. The van der Waals surface area contributed by atoms with Gasteiger partial charge in [0.2, 0.25) is 0 Å². The van der Waals surface area contributed by atoms with Crippen LogP contribution in [0.2, 0.25) is 0 Å². The van der Waals surface area contributed by atoms with Crippen molar-refractivity contribution >= 4 is 33.3 Å². The number of unbranched alkanes of at least 4 members (excludes halogenated alkanes) is 3. The molecule has 178 valence electrons. The number of rotatable bonds is 9. The van der Waals surface area contributed by atoms with E-state index in [1.807, 2.05) is 18.2 Å². The van der Waals surface area contributed by atoms with Crippen LogP contribution in [0.1, 0.15) is 62.6 Å². The van der Waals surface area contributed by atoms with Gasteiger partial charge in [0.25, 0.3) is 0 Å². The van der Waals surface area contributed by atoms with Crippen molar-refractivity contribution in [3.8, 4) is 0 Å². The van der Waals surface area contributed by atoms with Crippen LogP contribution >= 0.6 is 0 Å². The summed E-state index contributed by atoms with van der Waals surface area (Å²) in [6, 6.07) is 23.2. The number of carboxylic acids is 1. The van der Waals surface area contributed by atoms with Crippen LogP contribution in [-0.2, 0) is 17.8 Å². The quantitative estimate of drug-likeness (QED) is 0.257. The predicted molar refractivity (Wildman–Crippen MR) is 145 cm³/mol. The third-order valence-electron chi connectivity index (χ3n) is 6.22. The molecule has 3 aromatic carbocycles. The van der Waals surface area contributed by atoms with E-state index in [-0.39, 0.29) is 6.42 Å². The molecular weight excluding hydrogens is 418 g/mol. The number of benzene rings is 3. The number of aromatic nitrogens is 1. The van der Waals surface area contributed by atoms with Gasteiger partial charge in [-0.15, -0.1) is 0 Å². The number of allylic oxidation sites excluding steroid dienone is 1. The van der Waals surface area contributed by atoms with E-state index in [0.717, 1.165) is 16.6 Å². The first-order valence-electron chi connectivity index (χ1n) is 12.3. The zero-order valence-electron chi connectivity index (χ0n) is 20.8. The Kier molecular flexibility index (Phi) is 9.09. The van der Waals surface area contributed by atoms with Gasteiger partial charge in [0, 0.05) is 28.4 Å². The van der Waals surface area contributed by atoms with Crippen LogP contribution < -0.4 is 0 Å². The number of carboxylic acid groups (broad SMARTS) is 1. The van der Waals surface area contributed by atoms with E-state index in [2.05, 4.69) is 80.4 Å². The van der Waals surface area contributed by atoms with Crippen LogP contribution in [0.4, 0.5) is 0 Å². The topological polar surface area (TPSA) is 42.2 Å². The molecular formula is C31H37NO2. The standard InChI is InChI=1S/C16H15NO2.C15H22/c1-11-6-7-13-12-4-2-3-5-14(12)17(15(13)10-11)9-8-16(18)19;1-4-5-6-7-9-14-10-8-11-15(12-14)13(2)3/h2-7,10H,8-9H2,1H3,(H,18,19);8,10-12H,2,4-7,9H2,1,3H3. The monoisotopic (exact) mass is 455 g/mol. The summed E-state index contributed by atoms with van der Waals surface area (Å²) in [5.74, 6) is -0.765. The molecule has 4 aromatic rings. The minimum atomic E-state index is -0.765. The Morgan fingerprint density at radius 3 is 2.41 bits per heavy atom. The third-order valence-corrected chi connectivity index (χ3v) is 6.22. The Labute approximate surface area is 203 Å². The normalized spacial score (nSPS) is 10.8. The molecule has 0 spiro atoms. The summed E-state index contributed by atoms with van der Waals surface area (Å²) in [6.07, 6.45) is 6.69. The number of hydrogen-bond donors (Lipinski definition) is 1. The fourth-order valence-corrected chi connectivity index (χ4v) is 4.36. The number of carbonyl (C=O) groups is 1. The zero-order valence-corrected chi connectivity index (χ0v) is 20.8. The zero-order chi connectivity index (χ0) is 24.5. The van der Waals surface area contributed by atoms with Gasteiger partial charge in [-0.1, -0.05) is 92.9 Å². The predicted octanol–water partition coefficient (Wildman–Crippen LogP) is 8.42. The van der Waals surface area contributed by atoms with Crippen LogP contribution in [0.15, 0.2) is 73.3 Å². The Bertz CT molecular complexity index is 1270. The minimum Gasteiger partial charge on any atom is -0.481 e. The lowest BCUT2D eigenvalue weighted by Crippen LogP contribution is -2.04. The first kappa shape index (κ1) is 25.3. The summed E-state index contributed by atoms with van der Waals surface area (Å²) in [5, 5.41) is 11.3. The van der Waals surface area contributed by atoms with Crippen LogP contribution in [0.5, 0.6) is 0 Å². The molecule has 0 bridgehead atoms. The SMILES string of the molecule is C=C(C)c1cccc(CCCCCC)c1.Cc1ccc2c3ccccc3n(CCC(=O)O)c2c1. The maximum absolute atomic E-state index is 10.8. The highest BCUT2D eigenvalue weighted by Crippen LogP contribution is 2.29. The molecule has 0 radical (unpaired) electrons. The summed E-state index contributed by atoms with van der Waals surface area (Å²) >= 11 is 0. The highest BCUT2D eigenvalue weighted by Gasteiger charge is 2.11. The van der Waals surface area contributed by atoms with Crippen LogP contribution in [0.3, 0.4) is 0 Å². The highest BCUT2D eigenvalue weighted by atomic mass is 16.4. The van der Waals surface area contributed by atoms with E-state index in [1.54, 1.807) is 0 Å². The van der Waals surface area contributed by atoms with Gasteiger partial charge in [0.15, 0.2) is 0 Å². The van der Waals surface area contributed by atoms with Crippen LogP contribution in [0.25, 0.3) is 27.4 Å². The highest BCUT2D eigenvalue weighted by molar-refractivity contribution is 6.08. The maximum atomic E-state index is 10.8. The Hall–Kier alpha value is -3.33. The molecule has 0 aliphatic heterocycles. The first-order valence-corrected chi connectivity index (χ1v) is 12.3. The molecule has 0 saturated heterocycles. The van der Waals surface area contributed by atoms with Crippen molar-refractivity contribution in [3.05, 3.63) is 90.0 Å². The summed E-state index contributed by atoms with van der Waals surface area (Å²) in [4.78, 5) is 10.8. The second-order valence-electron chi connectivity index (χ2n) is 9.12. The molecule has 0 aliphatic rings. The molecule has 0 unspecified atom stereocenters. The summed E-state index contributed by atoms with van der Waals surface area (Å²) in [5.41, 5.74) is 7.29. The van der Waals surface area contributed by atoms with Crippen molar-refractivity contribution in [1.29, 1.82) is 0 Å². The van der Waals surface area contributed by atoms with E-state index < -0.39 is 5.97 Å². The van der Waals surface area contributed by atoms with E-state index in [1.165, 1.54) is 59.6 Å². The van der Waals surface area contributed by atoms with Gasteiger partial charge in [0.1, 0.15) is 0 Å². The third kappa shape index (κ3) is 6.60. The molecule has 34 heavy (non-hydrogen) atoms. The largest absolute Gasteiger partial charge is 0.481 e. The van der Waals surface area contributed by atoms with E-state index >= 15 is 0 Å². The van der Waals surface area contributed by atoms with Crippen molar-refractivity contribution in [2.24, 2.45) is 0 Å². The number of hydrogen-bond acceptors (Lipinski definition) is 1. The molecule has 1 aromatic heterocycles. The van der Waals surface area contributed by atoms with Crippen molar-refractivity contribution < 1.29 is 9.90 Å². The lowest BCUT2D eigenvalue weighted by atomic mass is 10.0. The number of para-hydroxylation sites is 1. The van der Waals surface area contributed by atoms with Gasteiger partial charge in [-0.2, -0.15) is 0 Å². The summed E-state index contributed by atoms with van der Waals surface area (Å²) in [6.45, 7) is 10.9. The Balaban J connectivity index is 0.000000197. The van der Waals surface area contributed by atoms with Crippen LogP contribution in [0, 0.1) is 6.92 Å². The molecule has 0 aliphatic carbocycles. The second-order valence-corrected chi connectivity index (χ2v) is 9.12. The smallest absolute Gasteiger partial charge is 0.305 e. The summed E-state index contributed by atoms with van der Waals surface area (Å²) < 4.78 is 2.10. The fraction of sp³-hybridized carbons (Fsp3) is 0.323. The van der Waals surface area contributed by atoms with Gasteiger partial charge in [0.05, 0.1) is 6.42 Å². The van der Waals surface area contributed by atoms with E-state index in [9.17, 15) is 4.79 Å². The Morgan fingerprint density at radius 2 is 1.68 bits per heavy atom. The van der Waals surface area contributed by atoms with Gasteiger partial charge in [-0.25, -0.2) is 0 Å². The van der Waals surface area contributed by atoms with Crippen molar-refractivity contribution in [2.75, 3.05) is 0 Å². The van der Waals surface area contributed by atoms with E-state index in [0.29, 0.717) is 6.54 Å². The number of nitrogens with zero attached hydrogens (tertiary/aromatic N) is 1. The van der Waals surface area contributed by atoms with Gasteiger partial charge >= 0.3 is 5.97 Å². The maximum Gasteiger partial charge on any atom is 0.305 e. The van der Waals surface area contributed by atoms with Crippen molar-refractivity contribution in [2.45, 2.75) is 65.8 Å². The molecule has 0 fully saturated rings. The number of fused-ring (bicyclic) bond motifs is 3. The Morgan fingerprint density at radius 1 is 0.912 bits per heavy atom. The average molecular weight is 456 g/mol. The molecule has 0 atom stereocenters. The molecule has 0 amide bonds. The average Bonchev–Trinajstić information content (AvgIpc) is 3.13. The summed E-state index contributed by atoms with van der Waals surface area (Å²) in [7, 11) is 0. The molecule has 0 saturated carbocycles. The fourth-order valence-electron chi connectivity index (χ4n) is 4.36.